The van der Waals surface area contributed by atoms with Crippen molar-refractivity contribution in [3.05, 3.63) is 88.5 Å². The lowest BCUT2D eigenvalue weighted by Gasteiger charge is -2.27. The Balaban J connectivity index is 1.95. The molecule has 35 heavy (non-hydrogen) atoms. The second-order valence-corrected chi connectivity index (χ2v) is 10.7. The van der Waals surface area contributed by atoms with Crippen LogP contribution >= 0.6 is 0 Å². The fourth-order valence-electron chi connectivity index (χ4n) is 4.05. The van der Waals surface area contributed by atoms with Crippen molar-refractivity contribution in [2.45, 2.75) is 52.0 Å². The van der Waals surface area contributed by atoms with Gasteiger partial charge in [-0.25, -0.2) is 8.42 Å². The standard InChI is InChI=1S/C28H34N2O4S/c1-7-25(23-13-16-27(34-6)21(4)17-23)29-28(31)18-30(26-10-8-9-20(3)22(26)5)35(32,33)24-14-11-19(2)12-15-24/h8-17,25H,7,18H2,1-6H3,(H,29,31)/t25-/m0/s1. The Morgan fingerprint density at radius 3 is 2.26 bits per heavy atom. The van der Waals surface area contributed by atoms with Gasteiger partial charge in [-0.05, 0) is 80.6 Å². The van der Waals surface area contributed by atoms with Crippen molar-refractivity contribution in [1.29, 1.82) is 0 Å². The van der Waals surface area contributed by atoms with Crippen LogP contribution in [0.2, 0.25) is 0 Å². The molecule has 1 N–H and O–H groups in total. The number of anilines is 1. The van der Waals surface area contributed by atoms with E-state index >= 15 is 0 Å². The van der Waals surface area contributed by atoms with Crippen molar-refractivity contribution < 1.29 is 17.9 Å². The number of sulfonamides is 1. The molecule has 7 heteroatoms. The van der Waals surface area contributed by atoms with Gasteiger partial charge in [-0.3, -0.25) is 9.10 Å². The molecule has 3 rings (SSSR count). The Bertz CT molecular complexity index is 1300. The SMILES string of the molecule is CC[C@H](NC(=O)CN(c1cccc(C)c1C)S(=O)(=O)c1ccc(C)cc1)c1ccc(OC)c(C)c1. The summed E-state index contributed by atoms with van der Waals surface area (Å²) in [7, 11) is -2.35. The largest absolute Gasteiger partial charge is 0.496 e. The van der Waals surface area contributed by atoms with Gasteiger partial charge >= 0.3 is 0 Å². The summed E-state index contributed by atoms with van der Waals surface area (Å²) in [6.07, 6.45) is 0.658. The highest BCUT2D eigenvalue weighted by Crippen LogP contribution is 2.29. The van der Waals surface area contributed by atoms with E-state index in [1.54, 1.807) is 37.4 Å². The van der Waals surface area contributed by atoms with Crippen molar-refractivity contribution in [1.82, 2.24) is 5.32 Å². The Labute approximate surface area is 209 Å². The third-order valence-electron chi connectivity index (χ3n) is 6.31. The molecule has 0 aliphatic rings. The third kappa shape index (κ3) is 5.85. The molecule has 186 valence electrons. The minimum Gasteiger partial charge on any atom is -0.496 e. The summed E-state index contributed by atoms with van der Waals surface area (Å²) in [5.74, 6) is 0.405. The number of nitrogens with zero attached hydrogens (tertiary/aromatic N) is 1. The molecule has 0 saturated heterocycles. The van der Waals surface area contributed by atoms with Crippen molar-refractivity contribution in [2.75, 3.05) is 18.0 Å². The molecule has 1 amide bonds. The van der Waals surface area contributed by atoms with Gasteiger partial charge in [0.15, 0.2) is 0 Å². The lowest BCUT2D eigenvalue weighted by atomic mass is 10.0. The average Bonchev–Trinajstić information content (AvgIpc) is 2.83. The Kier molecular flexibility index (Phi) is 8.22. The first kappa shape index (κ1) is 26.3. The molecule has 0 spiro atoms. The van der Waals surface area contributed by atoms with Crippen LogP contribution in [0.1, 0.15) is 47.2 Å². The topological polar surface area (TPSA) is 75.7 Å². The van der Waals surface area contributed by atoms with Crippen molar-refractivity contribution >= 4 is 21.6 Å². The summed E-state index contributed by atoms with van der Waals surface area (Å²) in [6, 6.07) is 17.7. The molecule has 0 saturated carbocycles. The second kappa shape index (κ2) is 11.0. The van der Waals surface area contributed by atoms with Crippen LogP contribution in [0.15, 0.2) is 65.6 Å². The fraction of sp³-hybridized carbons (Fsp3) is 0.321. The summed E-state index contributed by atoms with van der Waals surface area (Å²) in [4.78, 5) is 13.4. The lowest BCUT2D eigenvalue weighted by molar-refractivity contribution is -0.120. The van der Waals surface area contributed by atoms with Gasteiger partial charge in [0.25, 0.3) is 10.0 Å². The highest BCUT2D eigenvalue weighted by Gasteiger charge is 2.29. The number of aryl methyl sites for hydroxylation is 3. The van der Waals surface area contributed by atoms with Crippen LogP contribution in [0, 0.1) is 27.7 Å². The molecular weight excluding hydrogens is 460 g/mol. The first-order valence-electron chi connectivity index (χ1n) is 11.7. The summed E-state index contributed by atoms with van der Waals surface area (Å²) in [5, 5.41) is 3.03. The maximum absolute atomic E-state index is 13.7. The van der Waals surface area contributed by atoms with Gasteiger partial charge in [-0.2, -0.15) is 0 Å². The molecule has 0 bridgehead atoms. The summed E-state index contributed by atoms with van der Waals surface area (Å²) >= 11 is 0. The summed E-state index contributed by atoms with van der Waals surface area (Å²) < 4.78 is 34.0. The summed E-state index contributed by atoms with van der Waals surface area (Å²) in [6.45, 7) is 9.30. The number of amides is 1. The van der Waals surface area contributed by atoms with Crippen molar-refractivity contribution in [3.8, 4) is 5.75 Å². The number of methoxy groups -OCH3 is 1. The van der Waals surface area contributed by atoms with Crippen LogP contribution in [-0.2, 0) is 14.8 Å². The van der Waals surface area contributed by atoms with Crippen LogP contribution < -0.4 is 14.4 Å². The maximum Gasteiger partial charge on any atom is 0.264 e. The van der Waals surface area contributed by atoms with Gasteiger partial charge in [-0.1, -0.05) is 48.9 Å². The molecule has 0 radical (unpaired) electrons. The van der Waals surface area contributed by atoms with Gasteiger partial charge in [0.1, 0.15) is 12.3 Å². The number of ether oxygens (including phenoxy) is 1. The van der Waals surface area contributed by atoms with Gasteiger partial charge in [0, 0.05) is 0 Å². The van der Waals surface area contributed by atoms with Crippen molar-refractivity contribution in [3.63, 3.8) is 0 Å². The smallest absolute Gasteiger partial charge is 0.264 e. The van der Waals surface area contributed by atoms with E-state index in [2.05, 4.69) is 5.32 Å². The van der Waals surface area contributed by atoms with Crippen LogP contribution in [0.3, 0.4) is 0 Å². The predicted octanol–water partition coefficient (Wildman–Crippen LogP) is 5.39. The summed E-state index contributed by atoms with van der Waals surface area (Å²) in [5.41, 5.74) is 5.13. The van der Waals surface area contributed by atoms with E-state index in [0.717, 1.165) is 33.6 Å². The van der Waals surface area contributed by atoms with Crippen LogP contribution in [0.4, 0.5) is 5.69 Å². The highest BCUT2D eigenvalue weighted by molar-refractivity contribution is 7.92. The number of hydrogen-bond acceptors (Lipinski definition) is 4. The van der Waals surface area contributed by atoms with Gasteiger partial charge in [0.05, 0.1) is 23.7 Å². The third-order valence-corrected chi connectivity index (χ3v) is 8.08. The number of carbonyl (C=O) groups is 1. The van der Waals surface area contributed by atoms with E-state index in [1.807, 2.05) is 65.0 Å². The number of carbonyl (C=O) groups excluding carboxylic acids is 1. The van der Waals surface area contributed by atoms with Gasteiger partial charge in [0.2, 0.25) is 5.91 Å². The Morgan fingerprint density at radius 2 is 1.66 bits per heavy atom. The molecule has 0 aliphatic heterocycles. The monoisotopic (exact) mass is 494 g/mol. The Morgan fingerprint density at radius 1 is 0.971 bits per heavy atom. The number of benzene rings is 3. The number of nitrogens with one attached hydrogen (secondary N) is 1. The molecule has 0 heterocycles. The van der Waals surface area contributed by atoms with Crippen LogP contribution in [-0.4, -0.2) is 28.0 Å². The first-order chi connectivity index (χ1) is 16.6. The van der Waals surface area contributed by atoms with Gasteiger partial charge in [-0.15, -0.1) is 0 Å². The average molecular weight is 495 g/mol. The first-order valence-corrected chi connectivity index (χ1v) is 13.1. The van der Waals surface area contributed by atoms with Crippen LogP contribution in [0.5, 0.6) is 5.75 Å². The van der Waals surface area contributed by atoms with E-state index in [0.29, 0.717) is 12.1 Å². The van der Waals surface area contributed by atoms with E-state index in [4.69, 9.17) is 4.74 Å². The maximum atomic E-state index is 13.7. The molecule has 6 nitrogen and oxygen atoms in total. The zero-order chi connectivity index (χ0) is 25.8. The van der Waals surface area contributed by atoms with E-state index < -0.39 is 10.0 Å². The number of hydrogen-bond donors (Lipinski definition) is 1. The fourth-order valence-corrected chi connectivity index (χ4v) is 5.53. The molecule has 0 aliphatic carbocycles. The number of rotatable bonds is 9. The predicted molar refractivity (Wildman–Crippen MR) is 141 cm³/mol. The Hall–Kier alpha value is -3.32. The quantitative estimate of drug-likeness (QED) is 0.433. The van der Waals surface area contributed by atoms with E-state index in [-0.39, 0.29) is 23.4 Å². The molecule has 0 aromatic heterocycles. The van der Waals surface area contributed by atoms with Gasteiger partial charge < -0.3 is 10.1 Å². The molecular formula is C28H34N2O4S. The van der Waals surface area contributed by atoms with E-state index in [1.165, 1.54) is 4.31 Å². The molecule has 3 aromatic carbocycles. The molecule has 0 unspecified atom stereocenters. The normalized spacial score (nSPS) is 12.2. The molecule has 1 atom stereocenters. The zero-order valence-electron chi connectivity index (χ0n) is 21.3. The van der Waals surface area contributed by atoms with E-state index in [9.17, 15) is 13.2 Å². The molecule has 3 aromatic rings. The minimum absolute atomic E-state index is 0.148. The minimum atomic E-state index is -3.97. The zero-order valence-corrected chi connectivity index (χ0v) is 22.1. The molecule has 0 fully saturated rings. The lowest BCUT2D eigenvalue weighted by Crippen LogP contribution is -2.42. The second-order valence-electron chi connectivity index (χ2n) is 8.80. The van der Waals surface area contributed by atoms with Crippen LogP contribution in [0.25, 0.3) is 0 Å². The van der Waals surface area contributed by atoms with Crippen molar-refractivity contribution in [2.24, 2.45) is 0 Å². The highest BCUT2D eigenvalue weighted by atomic mass is 32.2.